The predicted molar refractivity (Wildman–Crippen MR) is 143 cm³/mol. The lowest BCUT2D eigenvalue weighted by Gasteiger charge is -2.31. The second-order valence-corrected chi connectivity index (χ2v) is 9.42. The third kappa shape index (κ3) is 4.93. The standard InChI is InChI=1S/C28H30N6O2/c1-18-8-12-29-24(16-18)31-25-17-22-9-13-33(3)28(36)26(22)27(32-25)30-23-6-4-20(5-7-23)21-10-14-34(15-11-21)19(2)35/h4-9,12-13,16-17,21H,10-11,14-15H2,1-3H3,(H2,29,30,31,32). The van der Waals surface area contributed by atoms with Crippen molar-refractivity contribution in [2.45, 2.75) is 32.6 Å². The van der Waals surface area contributed by atoms with Crippen molar-refractivity contribution in [1.29, 1.82) is 0 Å². The quantitative estimate of drug-likeness (QED) is 0.423. The highest BCUT2D eigenvalue weighted by Crippen LogP contribution is 2.31. The Balaban J connectivity index is 1.43. The third-order valence-corrected chi connectivity index (χ3v) is 6.82. The highest BCUT2D eigenvalue weighted by Gasteiger charge is 2.22. The molecule has 0 aliphatic carbocycles. The average molecular weight is 483 g/mol. The van der Waals surface area contributed by atoms with Crippen LogP contribution in [-0.2, 0) is 11.8 Å². The molecule has 1 aliphatic rings. The van der Waals surface area contributed by atoms with Crippen LogP contribution in [0.1, 0.15) is 36.8 Å². The largest absolute Gasteiger partial charge is 0.343 e. The topological polar surface area (TPSA) is 92.2 Å². The van der Waals surface area contributed by atoms with Crippen LogP contribution in [-0.4, -0.2) is 38.4 Å². The fourth-order valence-electron chi connectivity index (χ4n) is 4.75. The Labute approximate surface area is 210 Å². The summed E-state index contributed by atoms with van der Waals surface area (Å²) in [7, 11) is 1.74. The molecule has 8 heteroatoms. The number of nitrogens with zero attached hydrogens (tertiary/aromatic N) is 4. The van der Waals surface area contributed by atoms with Crippen molar-refractivity contribution < 1.29 is 4.79 Å². The molecule has 5 rings (SSSR count). The number of benzene rings is 1. The summed E-state index contributed by atoms with van der Waals surface area (Å²) in [4.78, 5) is 35.7. The molecule has 4 aromatic rings. The first-order chi connectivity index (χ1) is 17.4. The number of hydrogen-bond donors (Lipinski definition) is 2. The molecule has 0 bridgehead atoms. The van der Waals surface area contributed by atoms with Crippen LogP contribution in [0.5, 0.6) is 0 Å². The van der Waals surface area contributed by atoms with E-state index in [1.807, 2.05) is 48.2 Å². The van der Waals surface area contributed by atoms with E-state index in [2.05, 4.69) is 27.8 Å². The number of pyridine rings is 3. The van der Waals surface area contributed by atoms with Gasteiger partial charge in [-0.15, -0.1) is 0 Å². The van der Waals surface area contributed by atoms with Gasteiger partial charge in [0.25, 0.3) is 5.56 Å². The molecule has 0 atom stereocenters. The van der Waals surface area contributed by atoms with Gasteiger partial charge in [-0.25, -0.2) is 9.97 Å². The number of piperidine rings is 1. The van der Waals surface area contributed by atoms with E-state index < -0.39 is 0 Å². The molecular weight excluding hydrogens is 452 g/mol. The molecule has 2 N–H and O–H groups in total. The number of nitrogens with one attached hydrogen (secondary N) is 2. The molecule has 4 heterocycles. The smallest absolute Gasteiger partial charge is 0.261 e. The number of aromatic nitrogens is 3. The maximum Gasteiger partial charge on any atom is 0.261 e. The van der Waals surface area contributed by atoms with E-state index in [0.29, 0.717) is 28.8 Å². The van der Waals surface area contributed by atoms with Crippen LogP contribution in [0, 0.1) is 6.92 Å². The summed E-state index contributed by atoms with van der Waals surface area (Å²) in [6.45, 7) is 5.24. The molecule has 1 aromatic carbocycles. The first kappa shape index (κ1) is 23.5. The van der Waals surface area contributed by atoms with E-state index in [1.165, 1.54) is 5.56 Å². The monoisotopic (exact) mass is 482 g/mol. The number of carbonyl (C=O) groups excluding carboxylic acids is 1. The maximum atomic E-state index is 13.0. The van der Waals surface area contributed by atoms with E-state index in [4.69, 9.17) is 4.98 Å². The van der Waals surface area contributed by atoms with Crippen LogP contribution in [0.2, 0.25) is 0 Å². The minimum atomic E-state index is -0.114. The van der Waals surface area contributed by atoms with Crippen molar-refractivity contribution in [2.75, 3.05) is 23.7 Å². The van der Waals surface area contributed by atoms with E-state index in [9.17, 15) is 9.59 Å². The lowest BCUT2D eigenvalue weighted by atomic mass is 9.89. The Bertz CT molecular complexity index is 1470. The van der Waals surface area contributed by atoms with Crippen LogP contribution < -0.4 is 16.2 Å². The van der Waals surface area contributed by atoms with Gasteiger partial charge >= 0.3 is 0 Å². The van der Waals surface area contributed by atoms with Gasteiger partial charge in [0.05, 0.1) is 5.39 Å². The second kappa shape index (κ2) is 9.81. The lowest BCUT2D eigenvalue weighted by Crippen LogP contribution is -2.36. The van der Waals surface area contributed by atoms with Gasteiger partial charge in [0.2, 0.25) is 5.91 Å². The van der Waals surface area contributed by atoms with Crippen LogP contribution in [0.25, 0.3) is 10.8 Å². The van der Waals surface area contributed by atoms with Crippen molar-refractivity contribution in [3.8, 4) is 0 Å². The number of amides is 1. The van der Waals surface area contributed by atoms with Gasteiger partial charge in [-0.3, -0.25) is 9.59 Å². The van der Waals surface area contributed by atoms with Gasteiger partial charge in [0.1, 0.15) is 17.5 Å². The van der Waals surface area contributed by atoms with Gasteiger partial charge in [0, 0.05) is 45.1 Å². The number of anilines is 4. The summed E-state index contributed by atoms with van der Waals surface area (Å²) in [5.74, 6) is 2.37. The summed E-state index contributed by atoms with van der Waals surface area (Å²) >= 11 is 0. The van der Waals surface area contributed by atoms with Gasteiger partial charge in [-0.1, -0.05) is 12.1 Å². The number of carbonyl (C=O) groups is 1. The normalized spacial score (nSPS) is 14.1. The molecule has 8 nitrogen and oxygen atoms in total. The molecule has 3 aromatic heterocycles. The molecule has 184 valence electrons. The molecule has 1 fully saturated rings. The van der Waals surface area contributed by atoms with Gasteiger partial charge in [0.15, 0.2) is 0 Å². The predicted octanol–water partition coefficient (Wildman–Crippen LogP) is 4.85. The van der Waals surface area contributed by atoms with Crippen molar-refractivity contribution in [1.82, 2.24) is 19.4 Å². The van der Waals surface area contributed by atoms with Crippen LogP contribution in [0.4, 0.5) is 23.1 Å². The summed E-state index contributed by atoms with van der Waals surface area (Å²) in [5.41, 5.74) is 3.09. The highest BCUT2D eigenvalue weighted by atomic mass is 16.2. The number of fused-ring (bicyclic) bond motifs is 1. The molecule has 1 aliphatic heterocycles. The fourth-order valence-corrected chi connectivity index (χ4v) is 4.75. The number of likely N-dealkylation sites (tertiary alicyclic amines) is 1. The Morgan fingerprint density at radius 3 is 2.44 bits per heavy atom. The molecule has 36 heavy (non-hydrogen) atoms. The summed E-state index contributed by atoms with van der Waals surface area (Å²) < 4.78 is 1.56. The summed E-state index contributed by atoms with van der Waals surface area (Å²) in [6.07, 6.45) is 5.44. The molecule has 0 radical (unpaired) electrons. The zero-order chi connectivity index (χ0) is 25.2. The molecule has 0 unspecified atom stereocenters. The Morgan fingerprint density at radius 2 is 1.75 bits per heavy atom. The van der Waals surface area contributed by atoms with E-state index in [1.54, 1.807) is 30.9 Å². The molecule has 0 spiro atoms. The first-order valence-electron chi connectivity index (χ1n) is 12.2. The van der Waals surface area contributed by atoms with Crippen molar-refractivity contribution in [3.05, 3.63) is 82.4 Å². The second-order valence-electron chi connectivity index (χ2n) is 9.42. The number of aryl methyl sites for hydroxylation is 2. The molecule has 0 saturated carbocycles. The maximum absolute atomic E-state index is 13.0. The van der Waals surface area contributed by atoms with Gasteiger partial charge < -0.3 is 20.1 Å². The Kier molecular flexibility index (Phi) is 6.41. The zero-order valence-electron chi connectivity index (χ0n) is 20.8. The molecular formula is C28H30N6O2. The Hall–Kier alpha value is -4.20. The van der Waals surface area contributed by atoms with E-state index in [-0.39, 0.29) is 11.5 Å². The SMILES string of the molecule is CC(=O)N1CCC(c2ccc(Nc3nc(Nc4cc(C)ccn4)cc4ccn(C)c(=O)c34)cc2)CC1. The summed E-state index contributed by atoms with van der Waals surface area (Å²) in [5, 5.41) is 7.95. The van der Waals surface area contributed by atoms with E-state index >= 15 is 0 Å². The van der Waals surface area contributed by atoms with Gasteiger partial charge in [-0.2, -0.15) is 0 Å². The van der Waals surface area contributed by atoms with Gasteiger partial charge in [-0.05, 0) is 78.6 Å². The fraction of sp³-hybridized carbons (Fsp3) is 0.286. The van der Waals surface area contributed by atoms with E-state index in [0.717, 1.165) is 42.6 Å². The highest BCUT2D eigenvalue weighted by molar-refractivity contribution is 5.94. The molecule has 1 amide bonds. The van der Waals surface area contributed by atoms with Crippen molar-refractivity contribution >= 4 is 39.8 Å². The molecule has 1 saturated heterocycles. The summed E-state index contributed by atoms with van der Waals surface area (Å²) in [6, 6.07) is 15.9. The number of hydrogen-bond acceptors (Lipinski definition) is 6. The van der Waals surface area contributed by atoms with Crippen LogP contribution >= 0.6 is 0 Å². The zero-order valence-corrected chi connectivity index (χ0v) is 20.8. The van der Waals surface area contributed by atoms with Crippen LogP contribution in [0.3, 0.4) is 0 Å². The Morgan fingerprint density at radius 1 is 1.00 bits per heavy atom. The average Bonchev–Trinajstić information content (AvgIpc) is 2.87. The van der Waals surface area contributed by atoms with Crippen molar-refractivity contribution in [3.63, 3.8) is 0 Å². The van der Waals surface area contributed by atoms with Crippen LogP contribution in [0.15, 0.2) is 65.7 Å². The number of rotatable bonds is 5. The third-order valence-electron chi connectivity index (χ3n) is 6.82. The minimum absolute atomic E-state index is 0.114. The first-order valence-corrected chi connectivity index (χ1v) is 12.2. The lowest BCUT2D eigenvalue weighted by molar-refractivity contribution is -0.129. The minimum Gasteiger partial charge on any atom is -0.343 e. The van der Waals surface area contributed by atoms with Crippen molar-refractivity contribution in [2.24, 2.45) is 7.05 Å².